The SMILES string of the molecule is COc1ccc(COC(=O)C2=C(CSc3ccc([N+](=O)[O-])cc3)CSC3C(N)C(=O)N23)cc1. The number of rotatable bonds is 8. The van der Waals surface area contributed by atoms with Crippen molar-refractivity contribution in [2.24, 2.45) is 5.73 Å². The Bertz CT molecular complexity index is 1100. The van der Waals surface area contributed by atoms with Crippen LogP contribution in [0.25, 0.3) is 0 Å². The zero-order valence-electron chi connectivity index (χ0n) is 17.6. The van der Waals surface area contributed by atoms with E-state index in [2.05, 4.69) is 0 Å². The number of non-ortho nitro benzene ring substituents is 1. The summed E-state index contributed by atoms with van der Waals surface area (Å²) in [6.07, 6.45) is 0. The first kappa shape index (κ1) is 23.1. The van der Waals surface area contributed by atoms with Crippen molar-refractivity contribution in [3.8, 4) is 5.75 Å². The van der Waals surface area contributed by atoms with Crippen LogP contribution in [0, 0.1) is 10.1 Å². The van der Waals surface area contributed by atoms with Crippen LogP contribution in [0.3, 0.4) is 0 Å². The standard InChI is InChI=1S/C22H21N3O6S2/c1-30-16-6-2-13(3-7-16)10-31-22(27)19-14(12-33-21-18(23)20(26)24(19)21)11-32-17-8-4-15(5-9-17)25(28)29/h2-9,18,21H,10-12,23H2,1H3. The summed E-state index contributed by atoms with van der Waals surface area (Å²) in [4.78, 5) is 38.1. The highest BCUT2D eigenvalue weighted by atomic mass is 32.2. The molecule has 2 unspecified atom stereocenters. The third-order valence-corrected chi connectivity index (χ3v) is 7.73. The average molecular weight is 488 g/mol. The number of amides is 1. The van der Waals surface area contributed by atoms with E-state index in [1.807, 2.05) is 0 Å². The molecule has 2 heterocycles. The number of benzene rings is 2. The lowest BCUT2D eigenvalue weighted by atomic mass is 10.0. The van der Waals surface area contributed by atoms with Crippen molar-refractivity contribution in [3.63, 3.8) is 0 Å². The van der Waals surface area contributed by atoms with Gasteiger partial charge in [-0.15, -0.1) is 23.5 Å². The number of nitro benzene ring substituents is 1. The minimum atomic E-state index is -0.636. The van der Waals surface area contributed by atoms with Gasteiger partial charge >= 0.3 is 5.97 Å². The number of nitro groups is 1. The van der Waals surface area contributed by atoms with Crippen LogP contribution in [-0.4, -0.2) is 51.7 Å². The van der Waals surface area contributed by atoms with E-state index in [-0.39, 0.29) is 29.3 Å². The predicted octanol–water partition coefficient (Wildman–Crippen LogP) is 2.94. The van der Waals surface area contributed by atoms with E-state index in [9.17, 15) is 19.7 Å². The molecule has 0 aliphatic carbocycles. The van der Waals surface area contributed by atoms with Gasteiger partial charge in [-0.2, -0.15) is 0 Å². The molecule has 0 radical (unpaired) electrons. The molecule has 11 heteroatoms. The second kappa shape index (κ2) is 9.86. The van der Waals surface area contributed by atoms with Gasteiger partial charge in [0.15, 0.2) is 0 Å². The molecule has 0 bridgehead atoms. The lowest BCUT2D eigenvalue weighted by molar-refractivity contribution is -0.384. The molecule has 2 aliphatic heterocycles. The molecule has 2 aromatic carbocycles. The molecule has 2 N–H and O–H groups in total. The Morgan fingerprint density at radius 2 is 1.94 bits per heavy atom. The highest BCUT2D eigenvalue weighted by Crippen LogP contribution is 2.41. The van der Waals surface area contributed by atoms with Crippen LogP contribution in [0.2, 0.25) is 0 Å². The van der Waals surface area contributed by atoms with Crippen LogP contribution in [0.1, 0.15) is 5.56 Å². The van der Waals surface area contributed by atoms with Crippen molar-refractivity contribution in [1.82, 2.24) is 4.90 Å². The number of methoxy groups -OCH3 is 1. The van der Waals surface area contributed by atoms with Crippen LogP contribution < -0.4 is 10.5 Å². The van der Waals surface area contributed by atoms with E-state index in [0.717, 1.165) is 16.0 Å². The van der Waals surface area contributed by atoms with Crippen molar-refractivity contribution in [1.29, 1.82) is 0 Å². The van der Waals surface area contributed by atoms with Gasteiger partial charge in [-0.05, 0) is 35.4 Å². The third kappa shape index (κ3) is 4.85. The predicted molar refractivity (Wildman–Crippen MR) is 125 cm³/mol. The lowest BCUT2D eigenvalue weighted by Gasteiger charge is -2.48. The molecule has 4 rings (SSSR count). The van der Waals surface area contributed by atoms with Crippen molar-refractivity contribution in [3.05, 3.63) is 75.5 Å². The summed E-state index contributed by atoms with van der Waals surface area (Å²) in [5.41, 5.74) is 7.73. The Kier molecular flexibility index (Phi) is 6.91. The fraction of sp³-hybridized carbons (Fsp3) is 0.273. The molecule has 2 aromatic rings. The maximum atomic E-state index is 13.0. The number of thioether (sulfide) groups is 2. The summed E-state index contributed by atoms with van der Waals surface area (Å²) in [6.45, 7) is 0.0565. The maximum absolute atomic E-state index is 13.0. The number of carbonyl (C=O) groups excluding carboxylic acids is 2. The molecule has 172 valence electrons. The Morgan fingerprint density at radius 3 is 2.58 bits per heavy atom. The number of carbonyl (C=O) groups is 2. The fourth-order valence-electron chi connectivity index (χ4n) is 3.45. The number of hydrogen-bond donors (Lipinski definition) is 1. The molecule has 2 aliphatic rings. The summed E-state index contributed by atoms with van der Waals surface area (Å²) in [5.74, 6) is 0.793. The second-order valence-corrected chi connectivity index (χ2v) is 9.51. The highest BCUT2D eigenvalue weighted by molar-refractivity contribution is 8.01. The van der Waals surface area contributed by atoms with Crippen LogP contribution in [0.5, 0.6) is 5.75 Å². The van der Waals surface area contributed by atoms with E-state index in [4.69, 9.17) is 15.2 Å². The van der Waals surface area contributed by atoms with Crippen molar-refractivity contribution >= 4 is 41.1 Å². The summed E-state index contributed by atoms with van der Waals surface area (Å²) >= 11 is 2.94. The number of nitrogens with zero attached hydrogens (tertiary/aromatic N) is 2. The second-order valence-electron chi connectivity index (χ2n) is 7.35. The van der Waals surface area contributed by atoms with Gasteiger partial charge in [-0.25, -0.2) is 4.79 Å². The zero-order chi connectivity index (χ0) is 23.5. The van der Waals surface area contributed by atoms with Gasteiger partial charge in [-0.3, -0.25) is 19.8 Å². The van der Waals surface area contributed by atoms with Crippen LogP contribution in [-0.2, 0) is 20.9 Å². The normalized spacial score (nSPS) is 19.6. The molecular weight excluding hydrogens is 466 g/mol. The van der Waals surface area contributed by atoms with Gasteiger partial charge in [0, 0.05) is 28.5 Å². The summed E-state index contributed by atoms with van der Waals surface area (Å²) in [5, 5.41) is 10.6. The van der Waals surface area contributed by atoms with Gasteiger partial charge in [0.1, 0.15) is 29.5 Å². The van der Waals surface area contributed by atoms with Gasteiger partial charge < -0.3 is 15.2 Å². The van der Waals surface area contributed by atoms with Gasteiger partial charge in [0.25, 0.3) is 5.69 Å². The first-order chi connectivity index (χ1) is 15.9. The first-order valence-electron chi connectivity index (χ1n) is 9.98. The van der Waals surface area contributed by atoms with Crippen LogP contribution >= 0.6 is 23.5 Å². The number of β-lactam (4-membered cyclic amide) rings is 1. The largest absolute Gasteiger partial charge is 0.497 e. The number of hydrogen-bond acceptors (Lipinski definition) is 9. The summed E-state index contributed by atoms with van der Waals surface area (Å²) in [7, 11) is 1.57. The van der Waals surface area contributed by atoms with E-state index < -0.39 is 16.9 Å². The van der Waals surface area contributed by atoms with Crippen LogP contribution in [0.15, 0.2) is 64.7 Å². The van der Waals surface area contributed by atoms with Crippen LogP contribution in [0.4, 0.5) is 5.69 Å². The molecule has 33 heavy (non-hydrogen) atoms. The quantitative estimate of drug-likeness (QED) is 0.197. The molecule has 1 fully saturated rings. The minimum Gasteiger partial charge on any atom is -0.497 e. The Labute approximate surface area is 198 Å². The molecule has 0 saturated carbocycles. The van der Waals surface area contributed by atoms with E-state index in [1.165, 1.54) is 40.6 Å². The van der Waals surface area contributed by atoms with Crippen molar-refractivity contribution in [2.75, 3.05) is 18.6 Å². The Balaban J connectivity index is 1.50. The van der Waals surface area contributed by atoms with E-state index in [0.29, 0.717) is 17.3 Å². The Morgan fingerprint density at radius 1 is 1.24 bits per heavy atom. The molecular formula is C22H21N3O6S2. The number of ether oxygens (including phenoxy) is 2. The zero-order valence-corrected chi connectivity index (χ0v) is 19.3. The molecule has 1 saturated heterocycles. The fourth-order valence-corrected chi connectivity index (χ4v) is 5.78. The summed E-state index contributed by atoms with van der Waals surface area (Å²) < 4.78 is 10.7. The van der Waals surface area contributed by atoms with Crippen molar-refractivity contribution < 1.29 is 24.0 Å². The molecule has 0 aromatic heterocycles. The number of fused-ring (bicyclic) bond motifs is 1. The molecule has 9 nitrogen and oxygen atoms in total. The van der Waals surface area contributed by atoms with E-state index in [1.54, 1.807) is 43.5 Å². The molecule has 1 amide bonds. The average Bonchev–Trinajstić information content (AvgIpc) is 2.85. The van der Waals surface area contributed by atoms with Gasteiger partial charge in [-0.1, -0.05) is 12.1 Å². The molecule has 0 spiro atoms. The monoisotopic (exact) mass is 487 g/mol. The van der Waals surface area contributed by atoms with E-state index >= 15 is 0 Å². The number of esters is 1. The van der Waals surface area contributed by atoms with Crippen molar-refractivity contribution in [2.45, 2.75) is 22.9 Å². The third-order valence-electron chi connectivity index (χ3n) is 5.27. The lowest BCUT2D eigenvalue weighted by Crippen LogP contribution is -2.68. The highest BCUT2D eigenvalue weighted by Gasteiger charge is 2.52. The topological polar surface area (TPSA) is 125 Å². The Hall–Kier alpha value is -3.02. The smallest absolute Gasteiger partial charge is 0.355 e. The number of nitrogens with two attached hydrogens (primary N) is 1. The first-order valence-corrected chi connectivity index (χ1v) is 12.0. The molecule has 2 atom stereocenters. The maximum Gasteiger partial charge on any atom is 0.355 e. The summed E-state index contributed by atoms with van der Waals surface area (Å²) in [6, 6.07) is 12.7. The van der Waals surface area contributed by atoms with Gasteiger partial charge in [0.05, 0.1) is 12.0 Å². The minimum absolute atomic E-state index is 0.0117. The van der Waals surface area contributed by atoms with Gasteiger partial charge in [0.2, 0.25) is 5.91 Å².